The first-order valence-corrected chi connectivity index (χ1v) is 9.41. The van der Waals surface area contributed by atoms with E-state index in [9.17, 15) is 4.79 Å². The van der Waals surface area contributed by atoms with E-state index in [4.69, 9.17) is 4.74 Å². The molecule has 0 aliphatic carbocycles. The highest BCUT2D eigenvalue weighted by Gasteiger charge is 2.22. The van der Waals surface area contributed by atoms with Gasteiger partial charge in [0.2, 0.25) is 5.91 Å². The van der Waals surface area contributed by atoms with E-state index >= 15 is 0 Å². The summed E-state index contributed by atoms with van der Waals surface area (Å²) < 4.78 is 5.45. The van der Waals surface area contributed by atoms with Crippen molar-refractivity contribution in [3.05, 3.63) is 65.9 Å². The van der Waals surface area contributed by atoms with Crippen molar-refractivity contribution in [2.24, 2.45) is 0 Å². The molecule has 4 rings (SSSR count). The average molecular weight is 363 g/mol. The Balaban J connectivity index is 1.34. The van der Waals surface area contributed by atoms with Gasteiger partial charge in [-0.15, -0.1) is 0 Å². The van der Waals surface area contributed by atoms with Crippen LogP contribution in [0.2, 0.25) is 0 Å². The highest BCUT2D eigenvalue weighted by atomic mass is 16.5. The fourth-order valence-electron chi connectivity index (χ4n) is 3.78. The van der Waals surface area contributed by atoms with E-state index in [1.165, 1.54) is 5.56 Å². The molecular weight excluding hydrogens is 338 g/mol. The number of carbonyl (C=O) groups is 1. The summed E-state index contributed by atoms with van der Waals surface area (Å²) in [5.74, 6) is 1.13. The molecule has 2 aromatic carbocycles. The number of methoxy groups -OCH3 is 1. The maximum absolute atomic E-state index is 12.7. The van der Waals surface area contributed by atoms with Crippen LogP contribution in [0, 0.1) is 0 Å². The van der Waals surface area contributed by atoms with E-state index in [-0.39, 0.29) is 5.91 Å². The molecule has 1 aliphatic rings. The van der Waals surface area contributed by atoms with Crippen LogP contribution in [0.25, 0.3) is 10.9 Å². The van der Waals surface area contributed by atoms with Crippen LogP contribution in [0.5, 0.6) is 5.75 Å². The number of H-pyrrole nitrogens is 1. The Bertz CT molecular complexity index is 926. The average Bonchev–Trinajstić information content (AvgIpc) is 3.12. The summed E-state index contributed by atoms with van der Waals surface area (Å²) in [7, 11) is 1.71. The summed E-state index contributed by atoms with van der Waals surface area (Å²) >= 11 is 0. The van der Waals surface area contributed by atoms with Crippen LogP contribution in [0.1, 0.15) is 11.1 Å². The Morgan fingerprint density at radius 2 is 1.74 bits per heavy atom. The number of ether oxygens (including phenoxy) is 1. The summed E-state index contributed by atoms with van der Waals surface area (Å²) in [6.07, 6.45) is 2.41. The zero-order chi connectivity index (χ0) is 18.6. The lowest BCUT2D eigenvalue weighted by molar-refractivity contribution is -0.132. The van der Waals surface area contributed by atoms with Crippen LogP contribution < -0.4 is 4.74 Å². The van der Waals surface area contributed by atoms with Crippen LogP contribution in [0.3, 0.4) is 0 Å². The number of rotatable bonds is 5. The molecular formula is C22H25N3O2. The number of hydrogen-bond donors (Lipinski definition) is 1. The number of aromatic amines is 1. The molecule has 5 heteroatoms. The summed E-state index contributed by atoms with van der Waals surface area (Å²) in [4.78, 5) is 20.4. The Labute approximate surface area is 159 Å². The van der Waals surface area contributed by atoms with E-state index in [2.05, 4.69) is 22.0 Å². The molecule has 2 heterocycles. The second-order valence-corrected chi connectivity index (χ2v) is 7.01. The first-order chi connectivity index (χ1) is 13.2. The van der Waals surface area contributed by atoms with Gasteiger partial charge >= 0.3 is 0 Å². The topological polar surface area (TPSA) is 48.6 Å². The van der Waals surface area contributed by atoms with Crippen LogP contribution in [0.4, 0.5) is 0 Å². The molecule has 0 unspecified atom stereocenters. The molecule has 140 valence electrons. The van der Waals surface area contributed by atoms with Gasteiger partial charge in [0.1, 0.15) is 5.75 Å². The maximum atomic E-state index is 12.7. The Hall–Kier alpha value is -2.79. The van der Waals surface area contributed by atoms with Gasteiger partial charge in [0.05, 0.1) is 13.5 Å². The minimum Gasteiger partial charge on any atom is -0.496 e. The van der Waals surface area contributed by atoms with Crippen molar-refractivity contribution in [3.8, 4) is 5.75 Å². The van der Waals surface area contributed by atoms with Gasteiger partial charge in [0.25, 0.3) is 0 Å². The van der Waals surface area contributed by atoms with Crippen molar-refractivity contribution < 1.29 is 9.53 Å². The van der Waals surface area contributed by atoms with Gasteiger partial charge in [-0.25, -0.2) is 0 Å². The molecule has 1 amide bonds. The predicted molar refractivity (Wildman–Crippen MR) is 107 cm³/mol. The SMILES string of the molecule is COc1ccccc1CN1CCN(C(=O)Cc2c[nH]c3ccccc23)CC1. The molecule has 5 nitrogen and oxygen atoms in total. The predicted octanol–water partition coefficient (Wildman–Crippen LogP) is 3.06. The third kappa shape index (κ3) is 3.83. The van der Waals surface area contributed by atoms with Crippen LogP contribution in [-0.2, 0) is 17.8 Å². The largest absolute Gasteiger partial charge is 0.496 e. The maximum Gasteiger partial charge on any atom is 0.227 e. The standard InChI is InChI=1S/C22H25N3O2/c1-27-21-9-5-2-6-17(21)16-24-10-12-25(13-11-24)22(26)14-18-15-23-20-8-4-3-7-19(18)20/h2-9,15,23H,10-14,16H2,1H3. The van der Waals surface area contributed by atoms with Gasteiger partial charge < -0.3 is 14.6 Å². The van der Waals surface area contributed by atoms with Crippen LogP contribution in [0.15, 0.2) is 54.7 Å². The number of para-hydroxylation sites is 2. The quantitative estimate of drug-likeness (QED) is 0.758. The molecule has 0 atom stereocenters. The van der Waals surface area contributed by atoms with Crippen molar-refractivity contribution in [1.82, 2.24) is 14.8 Å². The van der Waals surface area contributed by atoms with Gasteiger partial charge in [-0.3, -0.25) is 9.69 Å². The Kier molecular flexibility index (Phi) is 5.12. The van der Waals surface area contributed by atoms with Crippen molar-refractivity contribution >= 4 is 16.8 Å². The second-order valence-electron chi connectivity index (χ2n) is 7.01. The molecule has 0 bridgehead atoms. The third-order valence-electron chi connectivity index (χ3n) is 5.33. The minimum absolute atomic E-state index is 0.205. The number of aromatic nitrogens is 1. The first-order valence-electron chi connectivity index (χ1n) is 9.41. The number of amides is 1. The zero-order valence-electron chi connectivity index (χ0n) is 15.6. The fourth-order valence-corrected chi connectivity index (χ4v) is 3.78. The highest BCUT2D eigenvalue weighted by Crippen LogP contribution is 2.21. The van der Waals surface area contributed by atoms with E-state index in [0.29, 0.717) is 6.42 Å². The van der Waals surface area contributed by atoms with Crippen molar-refractivity contribution in [2.45, 2.75) is 13.0 Å². The van der Waals surface area contributed by atoms with Crippen molar-refractivity contribution in [3.63, 3.8) is 0 Å². The first kappa shape index (κ1) is 17.6. The van der Waals surface area contributed by atoms with Gasteiger partial charge in [-0.05, 0) is 17.7 Å². The summed E-state index contributed by atoms with van der Waals surface area (Å²) in [6.45, 7) is 4.18. The van der Waals surface area contributed by atoms with E-state index in [1.54, 1.807) is 7.11 Å². The number of nitrogens with one attached hydrogen (secondary N) is 1. The molecule has 1 aromatic heterocycles. The summed E-state index contributed by atoms with van der Waals surface area (Å²) in [5, 5.41) is 1.14. The lowest BCUT2D eigenvalue weighted by Gasteiger charge is -2.35. The number of hydrogen-bond acceptors (Lipinski definition) is 3. The molecule has 0 spiro atoms. The number of nitrogens with zero attached hydrogens (tertiary/aromatic N) is 2. The Morgan fingerprint density at radius 3 is 2.56 bits per heavy atom. The van der Waals surface area contributed by atoms with E-state index in [1.807, 2.05) is 47.5 Å². The monoisotopic (exact) mass is 363 g/mol. The molecule has 1 fully saturated rings. The minimum atomic E-state index is 0.205. The highest BCUT2D eigenvalue weighted by molar-refractivity contribution is 5.88. The molecule has 27 heavy (non-hydrogen) atoms. The van der Waals surface area contributed by atoms with Gasteiger partial charge in [0.15, 0.2) is 0 Å². The Morgan fingerprint density at radius 1 is 1.00 bits per heavy atom. The van der Waals surface area contributed by atoms with Crippen molar-refractivity contribution in [1.29, 1.82) is 0 Å². The lowest BCUT2D eigenvalue weighted by atomic mass is 10.1. The lowest BCUT2D eigenvalue weighted by Crippen LogP contribution is -2.48. The zero-order valence-corrected chi connectivity index (χ0v) is 15.6. The molecule has 1 N–H and O–H groups in total. The van der Waals surface area contributed by atoms with Gasteiger partial charge in [-0.2, -0.15) is 0 Å². The number of piperazine rings is 1. The number of benzene rings is 2. The van der Waals surface area contributed by atoms with Crippen LogP contribution in [-0.4, -0.2) is 54.0 Å². The van der Waals surface area contributed by atoms with E-state index < -0.39 is 0 Å². The molecule has 1 saturated heterocycles. The van der Waals surface area contributed by atoms with Crippen molar-refractivity contribution in [2.75, 3.05) is 33.3 Å². The molecule has 1 aliphatic heterocycles. The number of fused-ring (bicyclic) bond motifs is 1. The van der Waals surface area contributed by atoms with E-state index in [0.717, 1.165) is 54.9 Å². The summed E-state index contributed by atoms with van der Waals surface area (Å²) in [5.41, 5.74) is 3.35. The molecule has 3 aromatic rings. The molecule has 0 saturated carbocycles. The molecule has 0 radical (unpaired) electrons. The van der Waals surface area contributed by atoms with Gasteiger partial charge in [0, 0.05) is 55.4 Å². The smallest absolute Gasteiger partial charge is 0.227 e. The third-order valence-corrected chi connectivity index (χ3v) is 5.33. The fraction of sp³-hybridized carbons (Fsp3) is 0.318. The summed E-state index contributed by atoms with van der Waals surface area (Å²) in [6, 6.07) is 16.3. The van der Waals surface area contributed by atoms with Crippen LogP contribution >= 0.6 is 0 Å². The second kappa shape index (κ2) is 7.84. The normalized spacial score (nSPS) is 15.2. The number of carbonyl (C=O) groups excluding carboxylic acids is 1. The van der Waals surface area contributed by atoms with Gasteiger partial charge in [-0.1, -0.05) is 36.4 Å².